The molecule has 0 saturated heterocycles. The fourth-order valence-electron chi connectivity index (χ4n) is 3.56. The molecule has 0 radical (unpaired) electrons. The molecular weight excluding hydrogens is 336 g/mol. The van der Waals surface area contributed by atoms with Crippen LogP contribution in [0.3, 0.4) is 0 Å². The van der Waals surface area contributed by atoms with Gasteiger partial charge in [0.05, 0.1) is 11.7 Å². The zero-order valence-electron chi connectivity index (χ0n) is 18.0. The molecule has 0 spiro atoms. The summed E-state index contributed by atoms with van der Waals surface area (Å²) in [5, 5.41) is 16.5. The molecule has 0 fully saturated rings. The average molecular weight is 373 g/mol. The van der Waals surface area contributed by atoms with E-state index >= 15 is 0 Å². The number of hydrogen-bond acceptors (Lipinski definition) is 5. The van der Waals surface area contributed by atoms with Gasteiger partial charge in [0.2, 0.25) is 0 Å². The monoisotopic (exact) mass is 372 g/mol. The van der Waals surface area contributed by atoms with Gasteiger partial charge in [-0.1, -0.05) is 45.9 Å². The molecule has 2 aromatic rings. The quantitative estimate of drug-likeness (QED) is 0.689. The van der Waals surface area contributed by atoms with Crippen LogP contribution in [0.5, 0.6) is 0 Å². The van der Waals surface area contributed by atoms with Gasteiger partial charge in [-0.3, -0.25) is 0 Å². The van der Waals surface area contributed by atoms with Gasteiger partial charge in [0, 0.05) is 6.04 Å². The third kappa shape index (κ3) is 5.36. The molecule has 2 atom stereocenters. The Hall–Kier alpha value is -1.79. The molecule has 0 saturated carbocycles. The highest BCUT2D eigenvalue weighted by molar-refractivity contribution is 5.46. The second-order valence-corrected chi connectivity index (χ2v) is 7.79. The van der Waals surface area contributed by atoms with Gasteiger partial charge >= 0.3 is 0 Å². The van der Waals surface area contributed by atoms with Crippen LogP contribution < -0.4 is 5.32 Å². The zero-order chi connectivity index (χ0) is 20.0. The molecule has 1 heterocycles. The molecule has 0 aliphatic rings. The lowest BCUT2D eigenvalue weighted by Crippen LogP contribution is -2.38. The van der Waals surface area contributed by atoms with Crippen LogP contribution in [0.1, 0.15) is 64.0 Å². The highest BCUT2D eigenvalue weighted by Crippen LogP contribution is 2.25. The van der Waals surface area contributed by atoms with E-state index in [0.29, 0.717) is 12.0 Å². The summed E-state index contributed by atoms with van der Waals surface area (Å²) in [5.74, 6) is 1.27. The Bertz CT molecular complexity index is 684. The topological polar surface area (TPSA) is 58.9 Å². The Kier molecular flexibility index (Phi) is 7.92. The maximum absolute atomic E-state index is 4.41. The van der Waals surface area contributed by atoms with Crippen molar-refractivity contribution in [2.24, 2.45) is 5.92 Å². The van der Waals surface area contributed by atoms with Crippen LogP contribution in [0.2, 0.25) is 0 Å². The molecule has 2 rings (SSSR count). The highest BCUT2D eigenvalue weighted by atomic mass is 15.5. The first kappa shape index (κ1) is 21.5. The molecule has 6 nitrogen and oxygen atoms in total. The molecule has 6 heteroatoms. The molecule has 1 N–H and O–H groups in total. The van der Waals surface area contributed by atoms with Gasteiger partial charge in [0.15, 0.2) is 5.82 Å². The minimum atomic E-state index is 0.103. The summed E-state index contributed by atoms with van der Waals surface area (Å²) >= 11 is 0. The summed E-state index contributed by atoms with van der Waals surface area (Å²) < 4.78 is 1.92. The number of aryl methyl sites for hydroxylation is 2. The first-order valence-corrected chi connectivity index (χ1v) is 10.2. The summed E-state index contributed by atoms with van der Waals surface area (Å²) in [6, 6.07) is 6.79. The number of nitrogens with zero attached hydrogens (tertiary/aromatic N) is 5. The fraction of sp³-hybridized carbons (Fsp3) is 0.667. The number of benzene rings is 1. The Morgan fingerprint density at radius 3 is 2.26 bits per heavy atom. The largest absolute Gasteiger partial charge is 0.304 e. The molecule has 1 aromatic carbocycles. The van der Waals surface area contributed by atoms with E-state index in [1.807, 2.05) is 4.68 Å². The van der Waals surface area contributed by atoms with Crippen LogP contribution in [-0.4, -0.2) is 50.8 Å². The number of rotatable bonds is 10. The first-order valence-electron chi connectivity index (χ1n) is 10.2. The number of para-hydroxylation sites is 1. The van der Waals surface area contributed by atoms with Gasteiger partial charge in [-0.2, -0.15) is 4.68 Å². The SMILES string of the molecule is CCN(CC)CC[C@H](C)N[C@@H](c1nnnn1-c1c(C)cccc1C)C(C)C. The van der Waals surface area contributed by atoms with Crippen molar-refractivity contribution in [2.45, 2.75) is 67.0 Å². The molecule has 0 aliphatic heterocycles. The standard InChI is InChI=1S/C21H36N6/c1-8-26(9-2)14-13-18(7)22-19(15(3)4)21-23-24-25-27(21)20-16(5)11-10-12-17(20)6/h10-12,15,18-19,22H,8-9,13-14H2,1-7H3/t18-,19+/m0/s1. The Balaban J connectivity index is 2.22. The molecule has 150 valence electrons. The van der Waals surface area contributed by atoms with Crippen molar-refractivity contribution in [3.05, 3.63) is 35.2 Å². The third-order valence-electron chi connectivity index (χ3n) is 5.33. The zero-order valence-corrected chi connectivity index (χ0v) is 18.0. The number of aromatic nitrogens is 4. The van der Waals surface area contributed by atoms with E-state index in [9.17, 15) is 0 Å². The Labute approximate surface area is 164 Å². The fourth-order valence-corrected chi connectivity index (χ4v) is 3.56. The molecule has 1 aromatic heterocycles. The smallest absolute Gasteiger partial charge is 0.173 e. The average Bonchev–Trinajstić information content (AvgIpc) is 3.09. The van der Waals surface area contributed by atoms with Crippen molar-refractivity contribution in [1.29, 1.82) is 0 Å². The molecular formula is C21H36N6. The van der Waals surface area contributed by atoms with Crippen molar-refractivity contribution >= 4 is 0 Å². The summed E-state index contributed by atoms with van der Waals surface area (Å²) in [7, 11) is 0. The summed E-state index contributed by atoms with van der Waals surface area (Å²) in [6.07, 6.45) is 1.11. The maximum Gasteiger partial charge on any atom is 0.173 e. The van der Waals surface area contributed by atoms with Crippen LogP contribution in [0.15, 0.2) is 18.2 Å². The van der Waals surface area contributed by atoms with E-state index in [-0.39, 0.29) is 6.04 Å². The van der Waals surface area contributed by atoms with Crippen LogP contribution in [0, 0.1) is 19.8 Å². The van der Waals surface area contributed by atoms with Crippen LogP contribution in [0.25, 0.3) is 5.69 Å². The van der Waals surface area contributed by atoms with Crippen molar-refractivity contribution < 1.29 is 0 Å². The number of nitrogens with one attached hydrogen (secondary N) is 1. The van der Waals surface area contributed by atoms with Gasteiger partial charge in [0.25, 0.3) is 0 Å². The van der Waals surface area contributed by atoms with E-state index in [2.05, 4.69) is 92.4 Å². The lowest BCUT2D eigenvalue weighted by atomic mass is 10.0. The molecule has 0 unspecified atom stereocenters. The van der Waals surface area contributed by atoms with Crippen molar-refractivity contribution in [2.75, 3.05) is 19.6 Å². The predicted octanol–water partition coefficient (Wildman–Crippen LogP) is 3.69. The molecule has 0 amide bonds. The molecule has 0 bridgehead atoms. The summed E-state index contributed by atoms with van der Waals surface area (Å²) in [4.78, 5) is 2.46. The van der Waals surface area contributed by atoms with E-state index in [1.54, 1.807) is 0 Å². The van der Waals surface area contributed by atoms with Crippen molar-refractivity contribution in [1.82, 2.24) is 30.4 Å². The lowest BCUT2D eigenvalue weighted by Gasteiger charge is -2.27. The second-order valence-electron chi connectivity index (χ2n) is 7.79. The van der Waals surface area contributed by atoms with Crippen LogP contribution in [0.4, 0.5) is 0 Å². The van der Waals surface area contributed by atoms with Gasteiger partial charge in [-0.25, -0.2) is 0 Å². The predicted molar refractivity (Wildman–Crippen MR) is 111 cm³/mol. The molecule has 27 heavy (non-hydrogen) atoms. The van der Waals surface area contributed by atoms with E-state index in [0.717, 1.165) is 37.6 Å². The van der Waals surface area contributed by atoms with Gasteiger partial charge in [-0.15, -0.1) is 5.10 Å². The second kappa shape index (κ2) is 9.95. The van der Waals surface area contributed by atoms with E-state index in [4.69, 9.17) is 0 Å². The van der Waals surface area contributed by atoms with Gasteiger partial charge in [0.1, 0.15) is 0 Å². The molecule has 0 aliphatic carbocycles. The summed E-state index contributed by atoms with van der Waals surface area (Å²) in [5.41, 5.74) is 3.45. The maximum atomic E-state index is 4.41. The van der Waals surface area contributed by atoms with Gasteiger partial charge in [-0.05, 0) is 74.3 Å². The van der Waals surface area contributed by atoms with Crippen molar-refractivity contribution in [3.8, 4) is 5.69 Å². The van der Waals surface area contributed by atoms with Crippen LogP contribution in [-0.2, 0) is 0 Å². The van der Waals surface area contributed by atoms with Gasteiger partial charge < -0.3 is 10.2 Å². The minimum Gasteiger partial charge on any atom is -0.304 e. The normalized spacial score (nSPS) is 14.1. The first-order chi connectivity index (χ1) is 12.9. The number of hydrogen-bond donors (Lipinski definition) is 1. The van der Waals surface area contributed by atoms with E-state index < -0.39 is 0 Å². The van der Waals surface area contributed by atoms with Crippen LogP contribution >= 0.6 is 0 Å². The van der Waals surface area contributed by atoms with Crippen molar-refractivity contribution in [3.63, 3.8) is 0 Å². The Morgan fingerprint density at radius 1 is 1.07 bits per heavy atom. The highest BCUT2D eigenvalue weighted by Gasteiger charge is 2.25. The Morgan fingerprint density at radius 2 is 1.70 bits per heavy atom. The lowest BCUT2D eigenvalue weighted by molar-refractivity contribution is 0.268. The minimum absolute atomic E-state index is 0.103. The number of tetrazole rings is 1. The van der Waals surface area contributed by atoms with E-state index in [1.165, 1.54) is 11.1 Å². The summed E-state index contributed by atoms with van der Waals surface area (Å²) in [6.45, 7) is 18.7. The third-order valence-corrected chi connectivity index (χ3v) is 5.33.